The molecule has 1 aliphatic heterocycles. The molecule has 0 spiro atoms. The molecule has 3 rings (SSSR count). The maximum absolute atomic E-state index is 12.3. The third-order valence-corrected chi connectivity index (χ3v) is 5.06. The number of aliphatic hydroxyl groups is 1. The quantitative estimate of drug-likeness (QED) is 0.574. The fourth-order valence-electron chi connectivity index (χ4n) is 2.36. The van der Waals surface area contributed by atoms with Gasteiger partial charge in [0.05, 0.1) is 10.6 Å². The van der Waals surface area contributed by atoms with Crippen molar-refractivity contribution in [3.8, 4) is 0 Å². The van der Waals surface area contributed by atoms with Crippen molar-refractivity contribution < 1.29 is 18.3 Å². The molecule has 0 aliphatic carbocycles. The van der Waals surface area contributed by atoms with E-state index in [2.05, 4.69) is 15.2 Å². The van der Waals surface area contributed by atoms with Crippen LogP contribution >= 0.6 is 0 Å². The molecule has 0 atom stereocenters. The zero-order chi connectivity index (χ0) is 18.0. The first-order valence-electron chi connectivity index (χ1n) is 7.35. The van der Waals surface area contributed by atoms with Crippen LogP contribution < -0.4 is 10.1 Å². The van der Waals surface area contributed by atoms with Crippen molar-refractivity contribution in [3.63, 3.8) is 0 Å². The smallest absolute Gasteiger partial charge is 0.292 e. The third-order valence-electron chi connectivity index (χ3n) is 3.65. The number of sulfonamides is 1. The van der Waals surface area contributed by atoms with Crippen molar-refractivity contribution in [3.05, 3.63) is 71.4 Å². The Morgan fingerprint density at radius 2 is 1.72 bits per heavy atom. The number of rotatable bonds is 3. The summed E-state index contributed by atoms with van der Waals surface area (Å²) in [6, 6.07) is 15.0. The molecular weight excluding hydrogens is 342 g/mol. The average Bonchev–Trinajstić information content (AvgIpc) is 2.63. The van der Waals surface area contributed by atoms with Gasteiger partial charge in [0.1, 0.15) is 0 Å². The number of hydrogen-bond acceptors (Lipinski definition) is 5. The summed E-state index contributed by atoms with van der Waals surface area (Å²) in [7, 11) is -3.94. The van der Waals surface area contributed by atoms with Crippen LogP contribution in [0.15, 0.2) is 70.3 Å². The molecule has 0 saturated carbocycles. The largest absolute Gasteiger partial charge is 0.505 e. The van der Waals surface area contributed by atoms with Crippen molar-refractivity contribution >= 4 is 27.4 Å². The Morgan fingerprint density at radius 1 is 1.08 bits per heavy atom. The van der Waals surface area contributed by atoms with Gasteiger partial charge in [-0.25, -0.2) is 13.8 Å². The molecule has 0 unspecified atom stereocenters. The number of nitrogens with one attached hydrogen (secondary N) is 2. The summed E-state index contributed by atoms with van der Waals surface area (Å²) in [5, 5.41) is 14.2. The van der Waals surface area contributed by atoms with Crippen molar-refractivity contribution in [2.75, 3.05) is 0 Å². The highest BCUT2D eigenvalue weighted by molar-refractivity contribution is 7.89. The maximum Gasteiger partial charge on any atom is 0.292 e. The maximum atomic E-state index is 12.3. The Balaban J connectivity index is 1.90. The lowest BCUT2D eigenvalue weighted by Crippen LogP contribution is -2.37. The second-order valence-corrected chi connectivity index (χ2v) is 6.98. The van der Waals surface area contributed by atoms with Gasteiger partial charge in [0, 0.05) is 5.56 Å². The SMILES string of the molecule is C/C(=N\NC(=O)C1=C(O)c2ccccc2S(=O)(=O)N1)c1ccccc1. The zero-order valence-corrected chi connectivity index (χ0v) is 14.0. The molecule has 0 radical (unpaired) electrons. The fourth-order valence-corrected chi connectivity index (χ4v) is 3.64. The monoisotopic (exact) mass is 357 g/mol. The summed E-state index contributed by atoms with van der Waals surface area (Å²) in [5.74, 6) is -1.30. The predicted molar refractivity (Wildman–Crippen MR) is 93.1 cm³/mol. The molecule has 25 heavy (non-hydrogen) atoms. The highest BCUT2D eigenvalue weighted by Gasteiger charge is 2.32. The number of benzene rings is 2. The van der Waals surface area contributed by atoms with Gasteiger partial charge in [-0.1, -0.05) is 42.5 Å². The predicted octanol–water partition coefficient (Wildman–Crippen LogP) is 1.75. The topological polar surface area (TPSA) is 108 Å². The van der Waals surface area contributed by atoms with E-state index in [9.17, 15) is 18.3 Å². The van der Waals surface area contributed by atoms with E-state index in [1.165, 1.54) is 18.2 Å². The van der Waals surface area contributed by atoms with Crippen molar-refractivity contribution in [2.24, 2.45) is 5.10 Å². The van der Waals surface area contributed by atoms with E-state index in [1.807, 2.05) is 30.3 Å². The molecule has 0 bridgehead atoms. The number of amides is 1. The number of hydrogen-bond donors (Lipinski definition) is 3. The number of hydrazone groups is 1. The lowest BCUT2D eigenvalue weighted by molar-refractivity contribution is -0.117. The lowest BCUT2D eigenvalue weighted by Gasteiger charge is -2.20. The summed E-state index contributed by atoms with van der Waals surface area (Å²) in [6.07, 6.45) is 0. The highest BCUT2D eigenvalue weighted by atomic mass is 32.2. The second-order valence-electron chi connectivity index (χ2n) is 5.33. The van der Waals surface area contributed by atoms with Crippen LogP contribution in [-0.4, -0.2) is 25.1 Å². The molecule has 2 aromatic rings. The first-order chi connectivity index (χ1) is 11.9. The summed E-state index contributed by atoms with van der Waals surface area (Å²) in [6.45, 7) is 1.70. The van der Waals surface area contributed by atoms with E-state index in [-0.39, 0.29) is 10.5 Å². The van der Waals surface area contributed by atoms with E-state index < -0.39 is 27.4 Å². The van der Waals surface area contributed by atoms with Gasteiger partial charge in [0.15, 0.2) is 11.5 Å². The molecule has 0 saturated heterocycles. The number of aliphatic hydroxyl groups excluding tert-OH is 1. The molecule has 1 heterocycles. The molecular formula is C17H15N3O4S. The molecule has 0 fully saturated rings. The number of fused-ring (bicyclic) bond motifs is 1. The van der Waals surface area contributed by atoms with Gasteiger partial charge in [-0.05, 0) is 24.6 Å². The van der Waals surface area contributed by atoms with Crippen molar-refractivity contribution in [2.45, 2.75) is 11.8 Å². The van der Waals surface area contributed by atoms with E-state index >= 15 is 0 Å². The molecule has 7 nitrogen and oxygen atoms in total. The minimum absolute atomic E-state index is 0.0650. The molecule has 1 aliphatic rings. The van der Waals surface area contributed by atoms with Gasteiger partial charge >= 0.3 is 0 Å². The summed E-state index contributed by atoms with van der Waals surface area (Å²) < 4.78 is 26.5. The van der Waals surface area contributed by atoms with Gasteiger partial charge < -0.3 is 5.11 Å². The number of carbonyl (C=O) groups is 1. The molecule has 0 aromatic heterocycles. The van der Waals surface area contributed by atoms with Gasteiger partial charge in [-0.3, -0.25) is 9.52 Å². The van der Waals surface area contributed by atoms with Crippen LogP contribution in [0.2, 0.25) is 0 Å². The molecule has 3 N–H and O–H groups in total. The Labute approximate surface area is 144 Å². The second kappa shape index (κ2) is 6.40. The van der Waals surface area contributed by atoms with Crippen LogP contribution in [0.25, 0.3) is 5.76 Å². The van der Waals surface area contributed by atoms with Crippen LogP contribution in [0.5, 0.6) is 0 Å². The fraction of sp³-hybridized carbons (Fsp3) is 0.0588. The van der Waals surface area contributed by atoms with E-state index in [4.69, 9.17) is 0 Å². The summed E-state index contributed by atoms with van der Waals surface area (Å²) in [4.78, 5) is 12.2. The van der Waals surface area contributed by atoms with Crippen LogP contribution in [0.4, 0.5) is 0 Å². The Bertz CT molecular complexity index is 996. The lowest BCUT2D eigenvalue weighted by atomic mass is 10.1. The van der Waals surface area contributed by atoms with E-state index in [0.29, 0.717) is 5.71 Å². The summed E-state index contributed by atoms with van der Waals surface area (Å²) in [5.41, 5.74) is 3.19. The summed E-state index contributed by atoms with van der Waals surface area (Å²) >= 11 is 0. The first kappa shape index (κ1) is 16.7. The first-order valence-corrected chi connectivity index (χ1v) is 8.84. The number of carbonyl (C=O) groups excluding carboxylic acids is 1. The van der Waals surface area contributed by atoms with Gasteiger partial charge in [0.2, 0.25) is 0 Å². The zero-order valence-electron chi connectivity index (χ0n) is 13.2. The minimum Gasteiger partial charge on any atom is -0.505 e. The normalized spacial score (nSPS) is 16.0. The molecule has 8 heteroatoms. The van der Waals surface area contributed by atoms with Crippen LogP contribution in [-0.2, 0) is 14.8 Å². The van der Waals surface area contributed by atoms with Crippen LogP contribution in [0.3, 0.4) is 0 Å². The van der Waals surface area contributed by atoms with Gasteiger partial charge in [0.25, 0.3) is 15.9 Å². The van der Waals surface area contributed by atoms with Gasteiger partial charge in [-0.2, -0.15) is 5.10 Å². The Hall–Kier alpha value is -3.13. The van der Waals surface area contributed by atoms with Crippen molar-refractivity contribution in [1.29, 1.82) is 0 Å². The molecule has 1 amide bonds. The minimum atomic E-state index is -3.94. The standard InChI is InChI=1S/C17H15N3O4S/c1-11(12-7-3-2-4-8-12)18-19-17(22)15-16(21)13-9-5-6-10-14(13)25(23,24)20-15/h2-10,20-21H,1H3,(H,19,22)/b18-11+. The number of nitrogens with zero attached hydrogens (tertiary/aromatic N) is 1. The Kier molecular flexibility index (Phi) is 4.28. The highest BCUT2D eigenvalue weighted by Crippen LogP contribution is 2.28. The average molecular weight is 357 g/mol. The third kappa shape index (κ3) is 3.24. The van der Waals surface area contributed by atoms with Gasteiger partial charge in [-0.15, -0.1) is 0 Å². The molecule has 128 valence electrons. The van der Waals surface area contributed by atoms with Crippen LogP contribution in [0, 0.1) is 0 Å². The van der Waals surface area contributed by atoms with Crippen molar-refractivity contribution in [1.82, 2.24) is 10.1 Å². The van der Waals surface area contributed by atoms with E-state index in [0.717, 1.165) is 5.56 Å². The van der Waals surface area contributed by atoms with E-state index in [1.54, 1.807) is 13.0 Å². The Morgan fingerprint density at radius 3 is 2.44 bits per heavy atom. The van der Waals surface area contributed by atoms with Crippen LogP contribution in [0.1, 0.15) is 18.1 Å². The molecule has 2 aromatic carbocycles.